The number of hydrogen-bond donors (Lipinski definition) is 0. The van der Waals surface area contributed by atoms with Gasteiger partial charge in [-0.3, -0.25) is 4.79 Å². The number of carbonyl (C=O) groups is 1. The number of aryl methyl sites for hydroxylation is 2. The third-order valence-electron chi connectivity index (χ3n) is 4.62. The van der Waals surface area contributed by atoms with Crippen molar-refractivity contribution in [3.05, 3.63) is 47.4 Å². The summed E-state index contributed by atoms with van der Waals surface area (Å²) >= 11 is 0. The molecule has 1 aromatic carbocycles. The molecular weight excluding hydrogens is 344 g/mol. The molecule has 1 atom stereocenters. The van der Waals surface area contributed by atoms with Gasteiger partial charge >= 0.3 is 6.43 Å². The summed E-state index contributed by atoms with van der Waals surface area (Å²) in [5.74, 6) is -0.146. The minimum atomic E-state index is -2.79. The predicted octanol–water partition coefficient (Wildman–Crippen LogP) is 3.11. The number of alkyl halides is 2. The SMILES string of the molecule is Cn1cnnc1C(=O)C[C@@H]1CCc2cc(-c3noc(C(F)F)n3)ccc21. The summed E-state index contributed by atoms with van der Waals surface area (Å²) in [6, 6.07) is 5.55. The molecule has 1 aliphatic carbocycles. The van der Waals surface area contributed by atoms with E-state index in [2.05, 4.69) is 24.9 Å². The molecule has 2 aromatic heterocycles. The molecule has 0 bridgehead atoms. The highest BCUT2D eigenvalue weighted by molar-refractivity contribution is 5.93. The number of nitrogens with zero attached hydrogens (tertiary/aromatic N) is 5. The topological polar surface area (TPSA) is 86.7 Å². The zero-order valence-corrected chi connectivity index (χ0v) is 13.9. The van der Waals surface area contributed by atoms with Gasteiger partial charge in [0.1, 0.15) is 6.33 Å². The van der Waals surface area contributed by atoms with Crippen LogP contribution < -0.4 is 0 Å². The number of ketones is 1. The van der Waals surface area contributed by atoms with Gasteiger partial charge in [-0.05, 0) is 36.0 Å². The number of benzene rings is 1. The van der Waals surface area contributed by atoms with Crippen molar-refractivity contribution < 1.29 is 18.1 Å². The van der Waals surface area contributed by atoms with Crippen LogP contribution in [-0.4, -0.2) is 30.7 Å². The van der Waals surface area contributed by atoms with E-state index < -0.39 is 12.3 Å². The fourth-order valence-electron chi connectivity index (χ4n) is 3.35. The monoisotopic (exact) mass is 359 g/mol. The molecule has 2 heterocycles. The quantitative estimate of drug-likeness (QED) is 0.651. The largest absolute Gasteiger partial charge is 0.333 e. The van der Waals surface area contributed by atoms with Crippen LogP contribution in [-0.2, 0) is 13.5 Å². The first-order valence-electron chi connectivity index (χ1n) is 8.15. The first-order chi connectivity index (χ1) is 12.5. The van der Waals surface area contributed by atoms with Crippen LogP contribution in [0.25, 0.3) is 11.4 Å². The summed E-state index contributed by atoms with van der Waals surface area (Å²) in [6.07, 6.45) is 0.718. The summed E-state index contributed by atoms with van der Waals surface area (Å²) in [7, 11) is 1.74. The van der Waals surface area contributed by atoms with E-state index in [1.165, 1.54) is 6.33 Å². The van der Waals surface area contributed by atoms with Crippen LogP contribution >= 0.6 is 0 Å². The van der Waals surface area contributed by atoms with Gasteiger partial charge in [-0.15, -0.1) is 10.2 Å². The van der Waals surface area contributed by atoms with E-state index in [1.54, 1.807) is 17.7 Å². The number of rotatable bonds is 5. The van der Waals surface area contributed by atoms with Crippen molar-refractivity contribution in [2.24, 2.45) is 7.05 Å². The van der Waals surface area contributed by atoms with E-state index in [-0.39, 0.29) is 17.5 Å². The second kappa shape index (κ2) is 6.40. The predicted molar refractivity (Wildman–Crippen MR) is 85.7 cm³/mol. The molecular formula is C17H15F2N5O2. The summed E-state index contributed by atoms with van der Waals surface area (Å²) in [6.45, 7) is 0. The lowest BCUT2D eigenvalue weighted by Gasteiger charge is -2.10. The molecule has 0 aliphatic heterocycles. The van der Waals surface area contributed by atoms with Crippen molar-refractivity contribution in [1.29, 1.82) is 0 Å². The van der Waals surface area contributed by atoms with Crippen LogP contribution in [0.3, 0.4) is 0 Å². The van der Waals surface area contributed by atoms with Gasteiger partial charge < -0.3 is 9.09 Å². The van der Waals surface area contributed by atoms with Gasteiger partial charge in [0, 0.05) is 19.0 Å². The first-order valence-corrected chi connectivity index (χ1v) is 8.15. The molecule has 0 radical (unpaired) electrons. The van der Waals surface area contributed by atoms with Crippen molar-refractivity contribution in [1.82, 2.24) is 24.9 Å². The molecule has 0 saturated carbocycles. The van der Waals surface area contributed by atoms with Crippen LogP contribution in [0.15, 0.2) is 29.0 Å². The minimum absolute atomic E-state index is 0.0494. The zero-order valence-electron chi connectivity index (χ0n) is 13.9. The molecule has 7 nitrogen and oxygen atoms in total. The third kappa shape index (κ3) is 2.89. The molecule has 134 valence electrons. The highest BCUT2D eigenvalue weighted by Gasteiger charge is 2.27. The standard InChI is InChI=1S/C17H15F2N5O2/c1-24-8-20-22-16(24)13(25)7-10-3-2-9-6-11(4-5-12(9)10)15-21-17(14(18)19)26-23-15/h4-6,8,10,14H,2-3,7H2,1H3/t10-/m0/s1. The number of halogens is 2. The van der Waals surface area contributed by atoms with Crippen LogP contribution in [0.5, 0.6) is 0 Å². The molecule has 0 saturated heterocycles. The van der Waals surface area contributed by atoms with Gasteiger partial charge in [0.25, 0.3) is 5.89 Å². The average molecular weight is 359 g/mol. The van der Waals surface area contributed by atoms with E-state index in [9.17, 15) is 13.6 Å². The highest BCUT2D eigenvalue weighted by atomic mass is 19.3. The Balaban J connectivity index is 1.54. The smallest absolute Gasteiger partial charge is 0.315 e. The number of carbonyl (C=O) groups excluding carboxylic acids is 1. The molecule has 0 spiro atoms. The lowest BCUT2D eigenvalue weighted by atomic mass is 9.94. The van der Waals surface area contributed by atoms with Gasteiger partial charge in [-0.2, -0.15) is 13.8 Å². The number of fused-ring (bicyclic) bond motifs is 1. The van der Waals surface area contributed by atoms with Gasteiger partial charge in [-0.25, -0.2) is 0 Å². The molecule has 1 aliphatic rings. The van der Waals surface area contributed by atoms with Crippen LogP contribution in [0.1, 0.15) is 52.8 Å². The number of Topliss-reactive ketones (excluding diaryl/α,β-unsaturated/α-hetero) is 1. The van der Waals surface area contributed by atoms with E-state index in [4.69, 9.17) is 0 Å². The lowest BCUT2D eigenvalue weighted by molar-refractivity contribution is 0.0960. The maximum Gasteiger partial charge on any atom is 0.315 e. The second-order valence-electron chi connectivity index (χ2n) is 6.30. The maximum atomic E-state index is 12.6. The van der Waals surface area contributed by atoms with Crippen LogP contribution in [0.4, 0.5) is 8.78 Å². The van der Waals surface area contributed by atoms with E-state index in [0.29, 0.717) is 17.8 Å². The Morgan fingerprint density at radius 3 is 2.96 bits per heavy atom. The summed E-state index contributed by atoms with van der Waals surface area (Å²) in [5, 5.41) is 11.2. The van der Waals surface area contributed by atoms with Gasteiger partial charge in [0.05, 0.1) is 0 Å². The van der Waals surface area contributed by atoms with Gasteiger partial charge in [0.15, 0.2) is 5.82 Å². The Morgan fingerprint density at radius 1 is 1.42 bits per heavy atom. The van der Waals surface area contributed by atoms with Crippen molar-refractivity contribution in [3.63, 3.8) is 0 Å². The fraction of sp³-hybridized carbons (Fsp3) is 0.353. The van der Waals surface area contributed by atoms with Crippen molar-refractivity contribution in [2.75, 3.05) is 0 Å². The molecule has 0 unspecified atom stereocenters. The molecule has 0 amide bonds. The van der Waals surface area contributed by atoms with Crippen LogP contribution in [0, 0.1) is 0 Å². The molecule has 3 aromatic rings. The van der Waals surface area contributed by atoms with E-state index in [0.717, 1.165) is 24.0 Å². The number of hydrogen-bond acceptors (Lipinski definition) is 6. The maximum absolute atomic E-state index is 12.6. The molecule has 9 heteroatoms. The van der Waals surface area contributed by atoms with Crippen molar-refractivity contribution in [2.45, 2.75) is 31.6 Å². The Bertz CT molecular complexity index is 966. The summed E-state index contributed by atoms with van der Waals surface area (Å²) < 4.78 is 31.4. The van der Waals surface area contributed by atoms with Gasteiger partial charge in [0.2, 0.25) is 11.6 Å². The van der Waals surface area contributed by atoms with Crippen LogP contribution in [0.2, 0.25) is 0 Å². The van der Waals surface area contributed by atoms with E-state index in [1.807, 2.05) is 12.1 Å². The lowest BCUT2D eigenvalue weighted by Crippen LogP contribution is -2.10. The first kappa shape index (κ1) is 16.5. The summed E-state index contributed by atoms with van der Waals surface area (Å²) in [4.78, 5) is 16.1. The number of aromatic nitrogens is 5. The highest BCUT2D eigenvalue weighted by Crippen LogP contribution is 2.38. The molecule has 0 N–H and O–H groups in total. The molecule has 4 rings (SSSR count). The summed E-state index contributed by atoms with van der Waals surface area (Å²) in [5.41, 5.74) is 2.78. The Hall–Kier alpha value is -2.97. The normalized spacial score (nSPS) is 16.2. The molecule has 0 fully saturated rings. The molecule has 26 heavy (non-hydrogen) atoms. The Morgan fingerprint density at radius 2 is 2.27 bits per heavy atom. The Labute approximate surface area is 147 Å². The average Bonchev–Trinajstić information content (AvgIpc) is 3.34. The Kier molecular flexibility index (Phi) is 4.06. The zero-order chi connectivity index (χ0) is 18.3. The fourth-order valence-corrected chi connectivity index (χ4v) is 3.35. The second-order valence-corrected chi connectivity index (χ2v) is 6.30. The third-order valence-corrected chi connectivity index (χ3v) is 4.62. The minimum Gasteiger partial charge on any atom is -0.333 e. The van der Waals surface area contributed by atoms with E-state index >= 15 is 0 Å². The van der Waals surface area contributed by atoms with Crippen molar-refractivity contribution >= 4 is 5.78 Å². The van der Waals surface area contributed by atoms with Crippen molar-refractivity contribution in [3.8, 4) is 11.4 Å². The van der Waals surface area contributed by atoms with Gasteiger partial charge in [-0.1, -0.05) is 17.3 Å².